The average Bonchev–Trinajstić information content (AvgIpc) is 2.40. The molecule has 0 aliphatic heterocycles. The summed E-state index contributed by atoms with van der Waals surface area (Å²) in [6, 6.07) is 0.170. The van der Waals surface area contributed by atoms with E-state index in [0.29, 0.717) is 5.75 Å². The van der Waals surface area contributed by atoms with E-state index in [9.17, 15) is 5.11 Å². The molecule has 2 nitrogen and oxygen atoms in total. The largest absolute Gasteiger partial charge is 0.391 e. The highest BCUT2D eigenvalue weighted by Gasteiger charge is 2.15. The molecule has 2 atom stereocenters. The molecule has 0 rings (SSSR count). The van der Waals surface area contributed by atoms with Crippen molar-refractivity contribution in [1.82, 2.24) is 5.32 Å². The van der Waals surface area contributed by atoms with Gasteiger partial charge in [-0.15, -0.1) is 11.8 Å². The number of aliphatic hydroxyl groups excluding tert-OH is 1. The Kier molecular flexibility index (Phi) is 16.0. The van der Waals surface area contributed by atoms with E-state index in [0.717, 1.165) is 11.3 Å². The van der Waals surface area contributed by atoms with Crippen LogP contribution in [-0.4, -0.2) is 30.1 Å². The summed E-state index contributed by atoms with van der Waals surface area (Å²) in [7, 11) is 1.88. The lowest BCUT2D eigenvalue weighted by atomic mass is 10.1. The molecule has 0 aliphatic carbocycles. The Morgan fingerprint density at radius 3 is 2.44 bits per heavy atom. The summed E-state index contributed by atoms with van der Waals surface area (Å²) < 4.78 is 0. The maximum absolute atomic E-state index is 9.93. The minimum atomic E-state index is -0.321. The quantitative estimate of drug-likeness (QED) is 0.659. The molecule has 0 bridgehead atoms. The fraction of sp³-hybridized carbons (Fsp3) is 0.600. The summed E-state index contributed by atoms with van der Waals surface area (Å²) in [5.74, 6) is 0.698. The summed E-state index contributed by atoms with van der Waals surface area (Å²) in [5, 5.41) is 13.1. The number of hydrogen-bond donors (Lipinski definition) is 2. The Bertz CT molecular complexity index is 245. The van der Waals surface area contributed by atoms with E-state index in [2.05, 4.69) is 18.8 Å². The number of aliphatic hydroxyl groups is 1. The first-order valence-electron chi connectivity index (χ1n) is 6.63. The van der Waals surface area contributed by atoms with Crippen LogP contribution in [0.15, 0.2) is 35.8 Å². The molecule has 18 heavy (non-hydrogen) atoms. The van der Waals surface area contributed by atoms with Gasteiger partial charge in [0.05, 0.1) is 6.10 Å². The first-order valence-corrected chi connectivity index (χ1v) is 7.61. The van der Waals surface area contributed by atoms with Crippen molar-refractivity contribution in [1.29, 1.82) is 0 Å². The van der Waals surface area contributed by atoms with Crippen molar-refractivity contribution in [2.45, 2.75) is 46.3 Å². The highest BCUT2D eigenvalue weighted by Crippen LogP contribution is 2.19. The van der Waals surface area contributed by atoms with E-state index in [-0.39, 0.29) is 12.1 Å². The molecule has 0 aromatic carbocycles. The van der Waals surface area contributed by atoms with Crippen LogP contribution in [0, 0.1) is 0 Å². The van der Waals surface area contributed by atoms with Crippen LogP contribution < -0.4 is 5.32 Å². The van der Waals surface area contributed by atoms with Gasteiger partial charge >= 0.3 is 0 Å². The predicted octanol–water partition coefficient (Wildman–Crippen LogP) is 3.75. The van der Waals surface area contributed by atoms with Crippen molar-refractivity contribution in [3.05, 3.63) is 35.8 Å². The molecule has 0 radical (unpaired) electrons. The molecular weight excluding hydrogens is 242 g/mol. The molecule has 2 unspecified atom stereocenters. The molecule has 0 amide bonds. The molecule has 2 N–H and O–H groups in total. The predicted molar refractivity (Wildman–Crippen MR) is 86.0 cm³/mol. The zero-order chi connectivity index (χ0) is 14.4. The lowest BCUT2D eigenvalue weighted by molar-refractivity contribution is 0.151. The van der Waals surface area contributed by atoms with Gasteiger partial charge in [0.25, 0.3) is 0 Å². The second-order valence-electron chi connectivity index (χ2n) is 3.49. The van der Waals surface area contributed by atoms with Crippen LogP contribution in [0.3, 0.4) is 0 Å². The van der Waals surface area contributed by atoms with Gasteiger partial charge in [0.2, 0.25) is 0 Å². The summed E-state index contributed by atoms with van der Waals surface area (Å²) in [6.45, 7) is 11.7. The number of allylic oxidation sites excluding steroid dienone is 4. The molecule has 0 saturated carbocycles. The Labute approximate surface area is 117 Å². The first-order chi connectivity index (χ1) is 8.69. The highest BCUT2D eigenvalue weighted by molar-refractivity contribution is 8.03. The number of thioether (sulfide) groups is 1. The Morgan fingerprint density at radius 2 is 2.06 bits per heavy atom. The fourth-order valence-corrected chi connectivity index (χ4v) is 2.42. The van der Waals surface area contributed by atoms with Crippen molar-refractivity contribution in [2.24, 2.45) is 0 Å². The van der Waals surface area contributed by atoms with Crippen molar-refractivity contribution in [2.75, 3.05) is 12.8 Å². The van der Waals surface area contributed by atoms with E-state index in [4.69, 9.17) is 0 Å². The van der Waals surface area contributed by atoms with E-state index in [1.54, 1.807) is 17.8 Å². The normalized spacial score (nSPS) is 14.9. The monoisotopic (exact) mass is 271 g/mol. The van der Waals surface area contributed by atoms with Crippen LogP contribution in [0.25, 0.3) is 0 Å². The molecule has 0 spiro atoms. The average molecular weight is 271 g/mol. The van der Waals surface area contributed by atoms with Crippen LogP contribution in [-0.2, 0) is 0 Å². The van der Waals surface area contributed by atoms with Gasteiger partial charge in [0.15, 0.2) is 0 Å². The highest BCUT2D eigenvalue weighted by atomic mass is 32.2. The van der Waals surface area contributed by atoms with Gasteiger partial charge in [-0.25, -0.2) is 0 Å². The molecular formula is C15H29NOS. The number of likely N-dealkylation sites (N-methyl/N-ethyl adjacent to an activating group) is 1. The second kappa shape index (κ2) is 14.6. The number of nitrogens with one attached hydrogen (secondary N) is 1. The third kappa shape index (κ3) is 9.51. The minimum Gasteiger partial charge on any atom is -0.391 e. The van der Waals surface area contributed by atoms with Crippen LogP contribution in [0.4, 0.5) is 0 Å². The van der Waals surface area contributed by atoms with Gasteiger partial charge in [-0.2, -0.15) is 0 Å². The zero-order valence-electron chi connectivity index (χ0n) is 12.4. The van der Waals surface area contributed by atoms with Crippen LogP contribution in [0.1, 0.15) is 34.1 Å². The third-order valence-electron chi connectivity index (χ3n) is 2.31. The lowest BCUT2D eigenvalue weighted by Crippen LogP contribution is -2.38. The van der Waals surface area contributed by atoms with Crippen molar-refractivity contribution >= 4 is 11.8 Å². The summed E-state index contributed by atoms with van der Waals surface area (Å²) in [5.41, 5.74) is 0. The SMILES string of the molecule is C=C/C=C(\C=C/C)SCC(O)C(CC)NC.CC. The van der Waals surface area contributed by atoms with Crippen molar-refractivity contribution in [3.8, 4) is 0 Å². The van der Waals surface area contributed by atoms with Crippen molar-refractivity contribution < 1.29 is 5.11 Å². The molecule has 0 aromatic rings. The molecule has 0 fully saturated rings. The Morgan fingerprint density at radius 1 is 1.44 bits per heavy atom. The maximum Gasteiger partial charge on any atom is 0.0786 e. The Balaban J connectivity index is 0. The van der Waals surface area contributed by atoms with Crippen LogP contribution in [0.2, 0.25) is 0 Å². The third-order valence-corrected chi connectivity index (χ3v) is 3.42. The van der Waals surface area contributed by atoms with E-state index in [1.165, 1.54) is 0 Å². The summed E-state index contributed by atoms with van der Waals surface area (Å²) >= 11 is 1.65. The first kappa shape index (κ1) is 19.8. The van der Waals surface area contributed by atoms with Gasteiger partial charge in [-0.3, -0.25) is 0 Å². The second-order valence-corrected chi connectivity index (χ2v) is 4.58. The number of hydrogen-bond acceptors (Lipinski definition) is 3. The standard InChI is InChI=1S/C13H23NOS.C2H6/c1-5-8-11(9-6-2)16-10-13(15)12(7-3)14-4;1-2/h5-6,8-9,12-15H,1,7,10H2,2-4H3;1-2H3/b9-6-,11-8+;. The van der Waals surface area contributed by atoms with Gasteiger partial charge in [-0.05, 0) is 26.5 Å². The number of rotatable bonds is 8. The van der Waals surface area contributed by atoms with E-state index >= 15 is 0 Å². The lowest BCUT2D eigenvalue weighted by Gasteiger charge is -2.20. The maximum atomic E-state index is 9.93. The van der Waals surface area contributed by atoms with Gasteiger partial charge in [-0.1, -0.05) is 45.6 Å². The summed E-state index contributed by atoms with van der Waals surface area (Å²) in [4.78, 5) is 1.13. The van der Waals surface area contributed by atoms with Crippen molar-refractivity contribution in [3.63, 3.8) is 0 Å². The van der Waals surface area contributed by atoms with Crippen LogP contribution >= 0.6 is 11.8 Å². The zero-order valence-corrected chi connectivity index (χ0v) is 13.3. The van der Waals surface area contributed by atoms with E-state index < -0.39 is 0 Å². The van der Waals surface area contributed by atoms with Gasteiger partial charge < -0.3 is 10.4 Å². The smallest absolute Gasteiger partial charge is 0.0786 e. The molecule has 0 saturated heterocycles. The molecule has 0 heterocycles. The summed E-state index contributed by atoms with van der Waals surface area (Å²) in [6.07, 6.45) is 8.35. The molecule has 0 aliphatic rings. The topological polar surface area (TPSA) is 32.3 Å². The molecule has 3 heteroatoms. The molecule has 106 valence electrons. The van der Waals surface area contributed by atoms with E-state index in [1.807, 2.05) is 46.0 Å². The Hall–Kier alpha value is -0.510. The fourth-order valence-electron chi connectivity index (χ4n) is 1.40. The van der Waals surface area contributed by atoms with Gasteiger partial charge in [0.1, 0.15) is 0 Å². The van der Waals surface area contributed by atoms with Gasteiger partial charge in [0, 0.05) is 16.7 Å². The van der Waals surface area contributed by atoms with Crippen LogP contribution in [0.5, 0.6) is 0 Å². The molecule has 0 aromatic heterocycles. The minimum absolute atomic E-state index is 0.170.